The van der Waals surface area contributed by atoms with Crippen molar-refractivity contribution in [3.8, 4) is 0 Å². The number of carboxylic acid groups (broad SMARTS) is 2. The molecule has 0 aromatic rings. The van der Waals surface area contributed by atoms with Crippen LogP contribution in [0.5, 0.6) is 0 Å². The van der Waals surface area contributed by atoms with Gasteiger partial charge in [0.25, 0.3) is 0 Å². The Hall–Kier alpha value is -1.22. The highest BCUT2D eigenvalue weighted by Gasteiger charge is 2.58. The topological polar surface area (TPSA) is 156 Å². The van der Waals surface area contributed by atoms with Gasteiger partial charge in [0.05, 0.1) is 16.4 Å². The smallest absolute Gasteiger partial charge is 0.310 e. The van der Waals surface area contributed by atoms with E-state index in [1.54, 1.807) is 0 Å². The van der Waals surface area contributed by atoms with Crippen LogP contribution in [-0.2, 0) is 9.59 Å². The molecule has 1 atom stereocenters. The fourth-order valence-electron chi connectivity index (χ4n) is 2.75. The first kappa shape index (κ1) is 20.8. The average molecular weight is 322 g/mol. The Kier molecular flexibility index (Phi) is 7.43. The van der Waals surface area contributed by atoms with Crippen molar-refractivity contribution in [2.45, 2.75) is 45.1 Å². The molecule has 0 aromatic heterocycles. The fraction of sp³-hybridized carbons (Fsp3) is 0.857. The van der Waals surface area contributed by atoms with Gasteiger partial charge in [-0.1, -0.05) is 0 Å². The lowest BCUT2D eigenvalue weighted by atomic mass is 9.58. The van der Waals surface area contributed by atoms with E-state index in [0.29, 0.717) is 0 Å². The Morgan fingerprint density at radius 1 is 0.818 bits per heavy atom. The summed E-state index contributed by atoms with van der Waals surface area (Å²) in [4.78, 5) is 23.4. The molecule has 0 saturated carbocycles. The molecule has 0 aliphatic rings. The minimum absolute atomic E-state index is 0.205. The summed E-state index contributed by atoms with van der Waals surface area (Å²) < 4.78 is 0. The Labute approximate surface area is 129 Å². The zero-order chi connectivity index (χ0) is 17.6. The van der Waals surface area contributed by atoms with Crippen molar-refractivity contribution in [1.29, 1.82) is 0 Å². The van der Waals surface area contributed by atoms with E-state index in [1.807, 2.05) is 0 Å². The number of hydrogen-bond donors (Lipinski definition) is 6. The summed E-state index contributed by atoms with van der Waals surface area (Å²) >= 11 is 0. The normalized spacial score (nSPS) is 15.4. The standard InChI is InChI=1S/C14H26O8/c1-12(2,10(18)19)14(5-8-17,11(20)21)9-13(22,3-6-15)4-7-16/h15-17,22H,3-9H2,1-2H3,(H,18,19)(H,20,21). The van der Waals surface area contributed by atoms with Crippen LogP contribution >= 0.6 is 0 Å². The Bertz CT molecular complexity index is 386. The molecule has 0 amide bonds. The number of aliphatic hydroxyl groups is 4. The van der Waals surface area contributed by atoms with Gasteiger partial charge in [0, 0.05) is 19.8 Å². The van der Waals surface area contributed by atoms with Crippen LogP contribution in [0.4, 0.5) is 0 Å². The van der Waals surface area contributed by atoms with Crippen LogP contribution in [0.15, 0.2) is 0 Å². The van der Waals surface area contributed by atoms with Gasteiger partial charge in [-0.15, -0.1) is 0 Å². The Balaban J connectivity index is 5.96. The predicted molar refractivity (Wildman–Crippen MR) is 76.2 cm³/mol. The summed E-state index contributed by atoms with van der Waals surface area (Å²) in [6.07, 6.45) is -1.29. The third kappa shape index (κ3) is 4.16. The van der Waals surface area contributed by atoms with Crippen LogP contribution in [0.3, 0.4) is 0 Å². The molecular formula is C14H26O8. The second-order valence-electron chi connectivity index (χ2n) is 6.14. The minimum Gasteiger partial charge on any atom is -0.481 e. The summed E-state index contributed by atoms with van der Waals surface area (Å²) in [7, 11) is 0. The number of aliphatic carboxylic acids is 2. The number of hydrogen-bond acceptors (Lipinski definition) is 6. The highest BCUT2D eigenvalue weighted by atomic mass is 16.4. The lowest BCUT2D eigenvalue weighted by Crippen LogP contribution is -2.54. The monoisotopic (exact) mass is 322 g/mol. The molecule has 130 valence electrons. The molecule has 0 radical (unpaired) electrons. The Morgan fingerprint density at radius 3 is 1.50 bits per heavy atom. The number of rotatable bonds is 11. The van der Waals surface area contributed by atoms with Crippen molar-refractivity contribution >= 4 is 11.9 Å². The first-order valence-electron chi connectivity index (χ1n) is 7.05. The summed E-state index contributed by atoms with van der Waals surface area (Å²) in [5, 5.41) is 56.8. The molecule has 6 N–H and O–H groups in total. The van der Waals surface area contributed by atoms with Crippen molar-refractivity contribution in [2.75, 3.05) is 19.8 Å². The number of carboxylic acids is 2. The molecule has 0 fully saturated rings. The average Bonchev–Trinajstić information content (AvgIpc) is 2.37. The van der Waals surface area contributed by atoms with Crippen LogP contribution < -0.4 is 0 Å². The quantitative estimate of drug-likeness (QED) is 0.295. The molecule has 0 aromatic carbocycles. The predicted octanol–water partition coefficient (Wildman–Crippen LogP) is -0.563. The van der Waals surface area contributed by atoms with Crippen molar-refractivity contribution in [2.24, 2.45) is 10.8 Å². The van der Waals surface area contributed by atoms with Crippen LogP contribution in [0.2, 0.25) is 0 Å². The summed E-state index contributed by atoms with van der Waals surface area (Å²) in [5.74, 6) is -2.83. The van der Waals surface area contributed by atoms with E-state index < -0.39 is 54.6 Å². The zero-order valence-electron chi connectivity index (χ0n) is 12.9. The van der Waals surface area contributed by atoms with Crippen LogP contribution in [0.1, 0.15) is 39.5 Å². The lowest BCUT2D eigenvalue weighted by Gasteiger charge is -2.45. The van der Waals surface area contributed by atoms with Crippen LogP contribution in [0.25, 0.3) is 0 Å². The SMILES string of the molecule is CC(C)(C(=O)O)C(CCO)(CC(O)(CCO)CCO)C(=O)O. The van der Waals surface area contributed by atoms with E-state index in [4.69, 9.17) is 10.2 Å². The fourth-order valence-corrected chi connectivity index (χ4v) is 2.75. The van der Waals surface area contributed by atoms with Gasteiger partial charge in [0.2, 0.25) is 0 Å². The van der Waals surface area contributed by atoms with Gasteiger partial charge in [-0.3, -0.25) is 9.59 Å². The first-order valence-corrected chi connectivity index (χ1v) is 7.05. The van der Waals surface area contributed by atoms with Gasteiger partial charge in [-0.2, -0.15) is 0 Å². The summed E-state index contributed by atoms with van der Waals surface area (Å²) in [5.41, 5.74) is -5.48. The van der Waals surface area contributed by atoms with Gasteiger partial charge in [0.15, 0.2) is 0 Å². The maximum atomic E-state index is 11.8. The third-order valence-electron chi connectivity index (χ3n) is 4.46. The van der Waals surface area contributed by atoms with Gasteiger partial charge in [-0.05, 0) is 39.5 Å². The summed E-state index contributed by atoms with van der Waals surface area (Å²) in [6, 6.07) is 0. The van der Waals surface area contributed by atoms with Crippen molar-refractivity contribution in [1.82, 2.24) is 0 Å². The molecule has 0 spiro atoms. The minimum atomic E-state index is -1.95. The number of aliphatic hydroxyl groups excluding tert-OH is 3. The van der Waals surface area contributed by atoms with E-state index in [9.17, 15) is 30.0 Å². The molecule has 0 heterocycles. The Morgan fingerprint density at radius 2 is 1.23 bits per heavy atom. The van der Waals surface area contributed by atoms with E-state index in [0.717, 1.165) is 0 Å². The van der Waals surface area contributed by atoms with Gasteiger partial charge >= 0.3 is 11.9 Å². The van der Waals surface area contributed by atoms with Gasteiger partial charge in [0.1, 0.15) is 0 Å². The molecule has 1 unspecified atom stereocenters. The molecule has 0 rings (SSSR count). The molecule has 0 saturated heterocycles. The molecule has 0 aliphatic heterocycles. The van der Waals surface area contributed by atoms with Gasteiger partial charge in [-0.25, -0.2) is 0 Å². The highest BCUT2D eigenvalue weighted by Crippen LogP contribution is 2.49. The molecule has 8 heteroatoms. The van der Waals surface area contributed by atoms with Crippen molar-refractivity contribution < 1.29 is 40.2 Å². The maximum absolute atomic E-state index is 11.8. The van der Waals surface area contributed by atoms with Crippen molar-refractivity contribution in [3.05, 3.63) is 0 Å². The summed E-state index contributed by atoms with van der Waals surface area (Å²) in [6.45, 7) is 0.976. The van der Waals surface area contributed by atoms with Crippen LogP contribution in [0, 0.1) is 10.8 Å². The molecule has 22 heavy (non-hydrogen) atoms. The largest absolute Gasteiger partial charge is 0.481 e. The second-order valence-corrected chi connectivity index (χ2v) is 6.14. The van der Waals surface area contributed by atoms with E-state index in [-0.39, 0.29) is 19.3 Å². The van der Waals surface area contributed by atoms with E-state index >= 15 is 0 Å². The van der Waals surface area contributed by atoms with E-state index in [1.165, 1.54) is 13.8 Å². The van der Waals surface area contributed by atoms with Crippen LogP contribution in [-0.4, -0.2) is 68.0 Å². The zero-order valence-corrected chi connectivity index (χ0v) is 12.9. The highest BCUT2D eigenvalue weighted by molar-refractivity contribution is 5.86. The third-order valence-corrected chi connectivity index (χ3v) is 4.46. The van der Waals surface area contributed by atoms with Gasteiger partial charge < -0.3 is 30.6 Å². The number of carbonyl (C=O) groups is 2. The second kappa shape index (κ2) is 7.87. The molecule has 0 aliphatic carbocycles. The molecular weight excluding hydrogens is 296 g/mol. The van der Waals surface area contributed by atoms with Crippen molar-refractivity contribution in [3.63, 3.8) is 0 Å². The maximum Gasteiger partial charge on any atom is 0.310 e. The lowest BCUT2D eigenvalue weighted by molar-refractivity contribution is -0.181. The molecule has 0 bridgehead atoms. The van der Waals surface area contributed by atoms with E-state index in [2.05, 4.69) is 0 Å². The molecule has 8 nitrogen and oxygen atoms in total. The first-order chi connectivity index (χ1) is 10.0.